The fourth-order valence-electron chi connectivity index (χ4n) is 2.74. The monoisotopic (exact) mass is 382 g/mol. The first kappa shape index (κ1) is 18.6. The Kier molecular flexibility index (Phi) is 6.38. The van der Waals surface area contributed by atoms with Crippen molar-refractivity contribution >= 4 is 33.8 Å². The summed E-state index contributed by atoms with van der Waals surface area (Å²) in [6, 6.07) is 25.9. The van der Waals surface area contributed by atoms with Crippen LogP contribution in [0.2, 0.25) is 5.02 Å². The third-order valence-corrected chi connectivity index (χ3v) is 4.69. The molecule has 0 bridgehead atoms. The number of hydrogen-bond donors (Lipinski definition) is 0. The average Bonchev–Trinajstić information content (AvgIpc) is 2.69. The zero-order valence-corrected chi connectivity index (χ0v) is 16.1. The number of benzene rings is 3. The smallest absolute Gasteiger partial charge is 0.137 e. The van der Waals surface area contributed by atoms with E-state index in [1.54, 1.807) is 0 Å². The summed E-state index contributed by atoms with van der Waals surface area (Å²) in [6.07, 6.45) is 0.938. The first-order valence-corrected chi connectivity index (χ1v) is 9.39. The van der Waals surface area contributed by atoms with Gasteiger partial charge < -0.3 is 4.74 Å². The number of rotatable bonds is 6. The van der Waals surface area contributed by atoms with Crippen LogP contribution in [0.15, 0.2) is 78.9 Å². The highest BCUT2D eigenvalue weighted by molar-refractivity contribution is 6.53. The molecule has 0 radical (unpaired) electrons. The van der Waals surface area contributed by atoms with E-state index in [0.29, 0.717) is 22.4 Å². The van der Waals surface area contributed by atoms with E-state index in [2.05, 4.69) is 19.1 Å². The highest BCUT2D eigenvalue weighted by Crippen LogP contribution is 2.37. The molecule has 0 aromatic heterocycles. The lowest BCUT2D eigenvalue weighted by Gasteiger charge is -2.14. The van der Waals surface area contributed by atoms with Gasteiger partial charge in [-0.15, -0.1) is 0 Å². The van der Waals surface area contributed by atoms with Gasteiger partial charge >= 0.3 is 0 Å². The molecule has 0 unspecified atom stereocenters. The summed E-state index contributed by atoms with van der Waals surface area (Å²) in [5.41, 5.74) is 3.91. The van der Waals surface area contributed by atoms with E-state index < -0.39 is 0 Å². The summed E-state index contributed by atoms with van der Waals surface area (Å²) in [5, 5.41) is 1.28. The fourth-order valence-corrected chi connectivity index (χ4v) is 3.32. The number of ether oxygens (including phenoxy) is 1. The highest BCUT2D eigenvalue weighted by atomic mass is 35.5. The van der Waals surface area contributed by atoms with Gasteiger partial charge in [-0.25, -0.2) is 0 Å². The molecule has 0 atom stereocenters. The molecule has 0 fully saturated rings. The summed E-state index contributed by atoms with van der Waals surface area (Å²) in [5.74, 6) is 0.695. The van der Waals surface area contributed by atoms with Gasteiger partial charge in [0.05, 0.1) is 16.7 Å². The van der Waals surface area contributed by atoms with Gasteiger partial charge in [0.1, 0.15) is 5.75 Å². The van der Waals surface area contributed by atoms with E-state index in [1.165, 1.54) is 0 Å². The Morgan fingerprint density at radius 1 is 0.808 bits per heavy atom. The lowest BCUT2D eigenvalue weighted by molar-refractivity contribution is 0.317. The van der Waals surface area contributed by atoms with Crippen molar-refractivity contribution in [3.8, 4) is 5.75 Å². The first-order valence-electron chi connectivity index (χ1n) is 8.64. The fraction of sp³-hybridized carbons (Fsp3) is 0.130. The van der Waals surface area contributed by atoms with E-state index in [1.807, 2.05) is 66.7 Å². The molecule has 0 aliphatic rings. The van der Waals surface area contributed by atoms with Crippen LogP contribution in [-0.4, -0.2) is 6.61 Å². The van der Waals surface area contributed by atoms with Crippen LogP contribution in [0.3, 0.4) is 0 Å². The quantitative estimate of drug-likeness (QED) is 0.406. The minimum Gasteiger partial charge on any atom is -0.492 e. The molecule has 0 aliphatic carbocycles. The van der Waals surface area contributed by atoms with Crippen molar-refractivity contribution in [2.45, 2.75) is 13.3 Å². The molecule has 0 N–H and O–H groups in total. The molecular formula is C23H20Cl2O. The Morgan fingerprint density at radius 2 is 1.42 bits per heavy atom. The standard InChI is InChI=1S/C23H20Cl2O/c1-2-15-26-21-14-13-19(16-20(21)24)22(17-9-5-3-6-10-17)23(25)18-11-7-4-8-12-18/h3-14,16H,2,15H2,1H3/b23-22-. The molecule has 3 rings (SSSR count). The predicted octanol–water partition coefficient (Wildman–Crippen LogP) is 7.28. The summed E-state index contributed by atoms with van der Waals surface area (Å²) >= 11 is 13.3. The zero-order valence-electron chi connectivity index (χ0n) is 14.6. The number of hydrogen-bond acceptors (Lipinski definition) is 1. The molecule has 0 spiro atoms. The van der Waals surface area contributed by atoms with Gasteiger partial charge in [0, 0.05) is 5.57 Å². The van der Waals surface area contributed by atoms with Crippen molar-refractivity contribution in [1.82, 2.24) is 0 Å². The van der Waals surface area contributed by atoms with Gasteiger partial charge in [0.25, 0.3) is 0 Å². The molecule has 3 aromatic rings. The minimum absolute atomic E-state index is 0.585. The van der Waals surface area contributed by atoms with E-state index in [0.717, 1.165) is 28.7 Å². The molecule has 132 valence electrons. The molecule has 26 heavy (non-hydrogen) atoms. The Labute approximate surface area is 164 Å². The normalized spacial score (nSPS) is 11.8. The molecule has 1 nitrogen and oxygen atoms in total. The average molecular weight is 383 g/mol. The largest absolute Gasteiger partial charge is 0.492 e. The van der Waals surface area contributed by atoms with Crippen molar-refractivity contribution in [2.24, 2.45) is 0 Å². The topological polar surface area (TPSA) is 9.23 Å². The van der Waals surface area contributed by atoms with Crippen LogP contribution < -0.4 is 4.74 Å². The maximum atomic E-state index is 6.82. The number of halogens is 2. The highest BCUT2D eigenvalue weighted by Gasteiger charge is 2.14. The SMILES string of the molecule is CCCOc1ccc(/C(=C(\Cl)c2ccccc2)c2ccccc2)cc1Cl. The molecule has 0 heterocycles. The van der Waals surface area contributed by atoms with Gasteiger partial charge in [0.2, 0.25) is 0 Å². The molecule has 0 saturated heterocycles. The van der Waals surface area contributed by atoms with Crippen molar-refractivity contribution in [3.05, 3.63) is 101 Å². The second kappa shape index (κ2) is 8.93. The van der Waals surface area contributed by atoms with E-state index in [4.69, 9.17) is 27.9 Å². The van der Waals surface area contributed by atoms with Gasteiger partial charge in [-0.2, -0.15) is 0 Å². The van der Waals surface area contributed by atoms with Crippen LogP contribution in [0.4, 0.5) is 0 Å². The van der Waals surface area contributed by atoms with Crippen LogP contribution in [0.25, 0.3) is 10.6 Å². The second-order valence-corrected chi connectivity index (χ2v) is 6.70. The Bertz CT molecular complexity index is 887. The van der Waals surface area contributed by atoms with E-state index in [-0.39, 0.29) is 0 Å². The molecule has 3 heteroatoms. The summed E-state index contributed by atoms with van der Waals surface area (Å²) in [6.45, 7) is 2.71. The maximum absolute atomic E-state index is 6.82. The summed E-state index contributed by atoms with van der Waals surface area (Å²) < 4.78 is 5.69. The lowest BCUT2D eigenvalue weighted by atomic mass is 9.95. The van der Waals surface area contributed by atoms with Gasteiger partial charge in [-0.3, -0.25) is 0 Å². The second-order valence-electron chi connectivity index (χ2n) is 5.91. The molecule has 0 saturated carbocycles. The Morgan fingerprint density at radius 3 is 2.00 bits per heavy atom. The molecule has 3 aromatic carbocycles. The molecule has 0 aliphatic heterocycles. The first-order chi connectivity index (χ1) is 12.7. The van der Waals surface area contributed by atoms with Gasteiger partial charge in [0.15, 0.2) is 0 Å². The van der Waals surface area contributed by atoms with Crippen molar-refractivity contribution in [1.29, 1.82) is 0 Å². The van der Waals surface area contributed by atoms with Crippen LogP contribution in [0, 0.1) is 0 Å². The van der Waals surface area contributed by atoms with Crippen LogP contribution >= 0.6 is 23.2 Å². The predicted molar refractivity (Wildman–Crippen MR) is 112 cm³/mol. The van der Waals surface area contributed by atoms with Crippen LogP contribution in [0.5, 0.6) is 5.75 Å². The third kappa shape index (κ3) is 4.30. The van der Waals surface area contributed by atoms with Crippen molar-refractivity contribution < 1.29 is 4.74 Å². The van der Waals surface area contributed by atoms with Crippen LogP contribution in [0.1, 0.15) is 30.0 Å². The van der Waals surface area contributed by atoms with Crippen molar-refractivity contribution in [3.63, 3.8) is 0 Å². The minimum atomic E-state index is 0.585. The van der Waals surface area contributed by atoms with E-state index >= 15 is 0 Å². The van der Waals surface area contributed by atoms with Crippen molar-refractivity contribution in [2.75, 3.05) is 6.61 Å². The van der Waals surface area contributed by atoms with E-state index in [9.17, 15) is 0 Å². The van der Waals surface area contributed by atoms with Gasteiger partial charge in [-0.05, 0) is 35.2 Å². The molecule has 0 amide bonds. The Hall–Kier alpha value is -2.22. The summed E-state index contributed by atoms with van der Waals surface area (Å²) in [7, 11) is 0. The van der Waals surface area contributed by atoms with Crippen LogP contribution in [-0.2, 0) is 0 Å². The summed E-state index contributed by atoms with van der Waals surface area (Å²) in [4.78, 5) is 0. The maximum Gasteiger partial charge on any atom is 0.137 e. The Balaban J connectivity index is 2.12. The molecular weight excluding hydrogens is 363 g/mol. The third-order valence-electron chi connectivity index (χ3n) is 3.99. The van der Waals surface area contributed by atoms with Gasteiger partial charge in [-0.1, -0.05) is 96.9 Å². The zero-order chi connectivity index (χ0) is 18.4. The lowest BCUT2D eigenvalue weighted by Crippen LogP contribution is -1.97.